The summed E-state index contributed by atoms with van der Waals surface area (Å²) in [7, 11) is 0. The van der Waals surface area contributed by atoms with E-state index in [-0.39, 0.29) is 23.4 Å². The van der Waals surface area contributed by atoms with E-state index in [1.807, 2.05) is 0 Å². The molecule has 4 nitrogen and oxygen atoms in total. The Kier molecular flexibility index (Phi) is 7.82. The summed E-state index contributed by atoms with van der Waals surface area (Å²) >= 11 is 0. The van der Waals surface area contributed by atoms with Gasteiger partial charge in [-0.15, -0.1) is 0 Å². The highest BCUT2D eigenvalue weighted by atomic mass is 16.1. The van der Waals surface area contributed by atoms with Crippen LogP contribution in [0.2, 0.25) is 0 Å². The Labute approximate surface area is 436 Å². The van der Waals surface area contributed by atoms with Gasteiger partial charge in [0.1, 0.15) is 0 Å². The number of fused-ring (bicyclic) bond motifs is 9. The SMILES string of the molecule is O=C1c2cc3c(cc2C2c4ccccc4C1c1ccccc12)c1cc(-c2cc4c(cc2-c2ccccc2)c2ccccc2n4-c2ccccc2)cc2c4cc5c(cc4n3c12)C(=O)C1c2ccccc2C5c2ccccc21. The number of Topliss-reactive ketones (excluding diaryl/α,β-unsaturated/α-hetero) is 2. The number of aromatic nitrogens is 2. The van der Waals surface area contributed by atoms with Crippen LogP contribution in [0.4, 0.5) is 0 Å². The summed E-state index contributed by atoms with van der Waals surface area (Å²) in [6.07, 6.45) is 0. The van der Waals surface area contributed by atoms with Crippen molar-refractivity contribution in [3.63, 3.8) is 0 Å². The Morgan fingerprint density at radius 2 is 0.658 bits per heavy atom. The van der Waals surface area contributed by atoms with Crippen molar-refractivity contribution in [1.82, 2.24) is 8.97 Å². The molecule has 20 rings (SSSR count). The van der Waals surface area contributed by atoms with Crippen molar-refractivity contribution < 1.29 is 9.59 Å². The normalized spacial score (nSPS) is 17.8. The van der Waals surface area contributed by atoms with E-state index in [2.05, 4.69) is 239 Å². The molecule has 4 bridgehead atoms. The maximum Gasteiger partial charge on any atom is 0.175 e. The first-order valence-corrected chi connectivity index (χ1v) is 26.5. The van der Waals surface area contributed by atoms with Gasteiger partial charge in [-0.1, -0.05) is 164 Å². The van der Waals surface area contributed by atoms with Crippen molar-refractivity contribution in [2.45, 2.75) is 23.7 Å². The topological polar surface area (TPSA) is 43.5 Å². The van der Waals surface area contributed by atoms with E-state index in [1.54, 1.807) is 0 Å². The van der Waals surface area contributed by atoms with Crippen LogP contribution in [0.15, 0.2) is 231 Å². The lowest BCUT2D eigenvalue weighted by molar-refractivity contribution is 0.0966. The van der Waals surface area contributed by atoms with Crippen LogP contribution in [0.5, 0.6) is 0 Å². The van der Waals surface area contributed by atoms with Gasteiger partial charge in [0, 0.05) is 61.0 Å². The minimum absolute atomic E-state index is 0.107. The van der Waals surface area contributed by atoms with E-state index in [1.165, 1.54) is 33.0 Å². The van der Waals surface area contributed by atoms with E-state index in [0.29, 0.717) is 0 Å². The molecule has 6 aliphatic rings. The maximum atomic E-state index is 15.6. The molecule has 0 aliphatic heterocycles. The quantitative estimate of drug-likeness (QED) is 0.177. The number of nitrogens with zero attached hydrogens (tertiary/aromatic N) is 2. The first-order valence-electron chi connectivity index (χ1n) is 26.5. The molecule has 11 aromatic carbocycles. The molecule has 0 unspecified atom stereocenters. The second-order valence-electron chi connectivity index (χ2n) is 21.6. The molecule has 4 heteroatoms. The standard InChI is InChI=1S/C72H42N2O2/c75-71-60-37-64-54(34-56(60)66-43-22-7-11-26-47(43)68(71)48-27-12-8-23-44(48)66)58-31-40(52-36-63-53(33-51(52)39-17-3-1-4-18-39)42-21-15-16-30-62(42)73(63)41-19-5-2-6-20-41)32-59-55-35-57-61(38-65(55)74(64)70(58)59)72(76)69-49-28-13-9-24-45(49)67(57)46-25-10-14-29-50(46)69/h1-38,66-69H. The summed E-state index contributed by atoms with van der Waals surface area (Å²) in [4.78, 5) is 31.1. The predicted octanol–water partition coefficient (Wildman–Crippen LogP) is 16.9. The van der Waals surface area contributed by atoms with Crippen LogP contribution < -0.4 is 0 Å². The molecule has 0 spiro atoms. The first kappa shape index (κ1) is 40.8. The molecule has 76 heavy (non-hydrogen) atoms. The lowest BCUT2D eigenvalue weighted by Crippen LogP contribution is -2.19. The zero-order chi connectivity index (χ0) is 49.7. The molecule has 352 valence electrons. The Hall–Kier alpha value is -9.64. The molecule has 3 aromatic heterocycles. The molecule has 3 heterocycles. The summed E-state index contributed by atoms with van der Waals surface area (Å²) in [5.74, 6) is -0.746. The smallest absolute Gasteiger partial charge is 0.175 e. The minimum atomic E-state index is -0.398. The van der Waals surface area contributed by atoms with Crippen LogP contribution in [0.1, 0.15) is 100 Å². The van der Waals surface area contributed by atoms with Gasteiger partial charge in [0.05, 0.1) is 39.4 Å². The van der Waals surface area contributed by atoms with Crippen molar-refractivity contribution in [3.8, 4) is 27.9 Å². The average molecular weight is 967 g/mol. The Morgan fingerprint density at radius 3 is 1.16 bits per heavy atom. The molecular formula is C72H42N2O2. The van der Waals surface area contributed by atoms with Crippen molar-refractivity contribution in [3.05, 3.63) is 297 Å². The van der Waals surface area contributed by atoms with E-state index in [0.717, 1.165) is 122 Å². The molecule has 0 N–H and O–H groups in total. The zero-order valence-corrected chi connectivity index (χ0v) is 41.0. The molecular weight excluding hydrogens is 925 g/mol. The first-order chi connectivity index (χ1) is 37.6. The summed E-state index contributed by atoms with van der Waals surface area (Å²) < 4.78 is 4.81. The second-order valence-corrected chi connectivity index (χ2v) is 21.6. The van der Waals surface area contributed by atoms with Crippen molar-refractivity contribution in [2.75, 3.05) is 0 Å². The van der Waals surface area contributed by atoms with E-state index in [9.17, 15) is 0 Å². The van der Waals surface area contributed by atoms with Crippen LogP contribution in [-0.2, 0) is 0 Å². The van der Waals surface area contributed by atoms with E-state index >= 15 is 9.59 Å². The van der Waals surface area contributed by atoms with E-state index < -0.39 is 11.8 Å². The molecule has 0 saturated carbocycles. The fraction of sp³-hybridized carbons (Fsp3) is 0.0556. The van der Waals surface area contributed by atoms with Gasteiger partial charge in [0.15, 0.2) is 11.6 Å². The Morgan fingerprint density at radius 1 is 0.263 bits per heavy atom. The van der Waals surface area contributed by atoms with Crippen molar-refractivity contribution >= 4 is 71.5 Å². The number of rotatable bonds is 3. The number of benzene rings is 11. The largest absolute Gasteiger partial charge is 0.309 e. The number of hydrogen-bond donors (Lipinski definition) is 0. The highest BCUT2D eigenvalue weighted by molar-refractivity contribution is 6.27. The molecule has 0 amide bonds. The lowest BCUT2D eigenvalue weighted by atomic mass is 9.72. The fourth-order valence-corrected chi connectivity index (χ4v) is 15.1. The summed E-state index contributed by atoms with van der Waals surface area (Å²) in [5.41, 5.74) is 23.8. The van der Waals surface area contributed by atoms with Gasteiger partial charge in [0.25, 0.3) is 0 Å². The van der Waals surface area contributed by atoms with Gasteiger partial charge < -0.3 is 8.97 Å². The highest BCUT2D eigenvalue weighted by Crippen LogP contribution is 2.56. The molecule has 6 aliphatic carbocycles. The summed E-state index contributed by atoms with van der Waals surface area (Å²) in [6, 6.07) is 83.5. The maximum absolute atomic E-state index is 15.6. The van der Waals surface area contributed by atoms with Gasteiger partial charge in [-0.3, -0.25) is 9.59 Å². The Balaban J connectivity index is 0.994. The number of carbonyl (C=O) groups excluding carboxylic acids is 2. The number of carbonyl (C=O) groups is 2. The molecule has 0 radical (unpaired) electrons. The third-order valence-electron chi connectivity index (χ3n) is 18.1. The summed E-state index contributed by atoms with van der Waals surface area (Å²) in [6.45, 7) is 0. The van der Waals surface area contributed by atoms with Crippen LogP contribution in [0, 0.1) is 0 Å². The van der Waals surface area contributed by atoms with Gasteiger partial charge in [-0.25, -0.2) is 0 Å². The van der Waals surface area contributed by atoms with Crippen LogP contribution >= 0.6 is 0 Å². The Bertz CT molecular complexity index is 4640. The number of ketones is 2. The van der Waals surface area contributed by atoms with Crippen molar-refractivity contribution in [2.24, 2.45) is 0 Å². The van der Waals surface area contributed by atoms with Crippen LogP contribution in [0.25, 0.3) is 87.8 Å². The fourth-order valence-electron chi connectivity index (χ4n) is 15.1. The molecule has 0 saturated heterocycles. The lowest BCUT2D eigenvalue weighted by Gasteiger charge is -2.30. The zero-order valence-electron chi connectivity index (χ0n) is 41.0. The van der Waals surface area contributed by atoms with Crippen molar-refractivity contribution in [1.29, 1.82) is 0 Å². The molecule has 0 atom stereocenters. The van der Waals surface area contributed by atoms with Gasteiger partial charge in [-0.05, 0) is 145 Å². The molecule has 0 fully saturated rings. The monoisotopic (exact) mass is 966 g/mol. The minimum Gasteiger partial charge on any atom is -0.309 e. The van der Waals surface area contributed by atoms with Crippen LogP contribution in [0.3, 0.4) is 0 Å². The van der Waals surface area contributed by atoms with Crippen LogP contribution in [-0.4, -0.2) is 20.5 Å². The van der Waals surface area contributed by atoms with E-state index in [4.69, 9.17) is 0 Å². The molecule has 14 aromatic rings. The number of para-hydroxylation sites is 2. The number of hydrogen-bond acceptors (Lipinski definition) is 2. The van der Waals surface area contributed by atoms with Gasteiger partial charge in [0.2, 0.25) is 0 Å². The third kappa shape index (κ3) is 5.09. The summed E-state index contributed by atoms with van der Waals surface area (Å²) in [5, 5.41) is 6.83. The van der Waals surface area contributed by atoms with Gasteiger partial charge >= 0.3 is 0 Å². The average Bonchev–Trinajstić information content (AvgIpc) is 4.22. The predicted molar refractivity (Wildman–Crippen MR) is 306 cm³/mol. The highest BCUT2D eigenvalue weighted by Gasteiger charge is 2.45. The second kappa shape index (κ2) is 14.6. The third-order valence-corrected chi connectivity index (χ3v) is 18.1. The van der Waals surface area contributed by atoms with Gasteiger partial charge in [-0.2, -0.15) is 0 Å².